The van der Waals surface area contributed by atoms with Gasteiger partial charge in [-0.15, -0.1) is 0 Å². The Morgan fingerprint density at radius 3 is 2.37 bits per heavy atom. The molecule has 0 saturated carbocycles. The lowest BCUT2D eigenvalue weighted by Gasteiger charge is -2.30. The zero-order chi connectivity index (χ0) is 19.8. The lowest BCUT2D eigenvalue weighted by molar-refractivity contribution is -1.00. The summed E-state index contributed by atoms with van der Waals surface area (Å²) in [5.41, 5.74) is 1.46. The number of likely N-dealkylation sites (N-methyl/N-ethyl adjacent to an activating group) is 1. The fourth-order valence-corrected chi connectivity index (χ4v) is 3.34. The molecule has 0 aliphatic carbocycles. The number of carbonyl (C=O) groups is 2. The highest BCUT2D eigenvalue weighted by atomic mass is 19.1. The highest BCUT2D eigenvalue weighted by Crippen LogP contribution is 2.08. The van der Waals surface area contributed by atoms with Gasteiger partial charge in [-0.2, -0.15) is 0 Å². The second-order valence-corrected chi connectivity index (χ2v) is 7.28. The molecule has 0 unspecified atom stereocenters. The van der Waals surface area contributed by atoms with Gasteiger partial charge in [0, 0.05) is 18.8 Å². The number of carbonyl (C=O) groups excluding carboxylic acids is 2. The number of hydrogen-bond donors (Lipinski definition) is 3. The minimum atomic E-state index is -0.366. The van der Waals surface area contributed by atoms with Gasteiger partial charge in [0.25, 0.3) is 11.8 Å². The largest absolute Gasteiger partial charge is 0.334 e. The number of nitrogens with one attached hydrogen (secondary N) is 3. The van der Waals surface area contributed by atoms with Gasteiger partial charge in [-0.25, -0.2) is 4.39 Å². The molecule has 1 fully saturated rings. The zero-order valence-corrected chi connectivity index (χ0v) is 16.3. The minimum Gasteiger partial charge on any atom is -0.334 e. The molecule has 0 aromatic heterocycles. The summed E-state index contributed by atoms with van der Waals surface area (Å²) in [7, 11) is 0. The van der Waals surface area contributed by atoms with Crippen LogP contribution in [0.4, 0.5) is 10.1 Å². The lowest BCUT2D eigenvalue weighted by Crippen LogP contribution is -3.28. The van der Waals surface area contributed by atoms with E-state index in [4.69, 9.17) is 0 Å². The SMILES string of the molecule is C=C(C)CN(CC)C(=O)C[NH+]1CC[NH+](CC(=O)Nc2cccc(F)c2)CC1. The van der Waals surface area contributed by atoms with Crippen molar-refractivity contribution >= 4 is 17.5 Å². The Bertz CT molecular complexity index is 672. The van der Waals surface area contributed by atoms with E-state index < -0.39 is 0 Å². The maximum atomic E-state index is 13.2. The standard InChI is InChI=1S/C20H29FN4O2/c1-4-25(13-16(2)3)20(27)15-24-10-8-23(9-11-24)14-19(26)22-18-7-5-6-17(21)12-18/h5-7,12H,2,4,8-11,13-15H2,1,3H3,(H,22,26)/p+2. The summed E-state index contributed by atoms with van der Waals surface area (Å²) in [5.74, 6) is -0.327. The van der Waals surface area contributed by atoms with Crippen molar-refractivity contribution < 1.29 is 23.8 Å². The lowest BCUT2D eigenvalue weighted by atomic mass is 10.2. The van der Waals surface area contributed by atoms with E-state index in [1.54, 1.807) is 12.1 Å². The fourth-order valence-electron chi connectivity index (χ4n) is 3.34. The van der Waals surface area contributed by atoms with Gasteiger partial charge in [-0.3, -0.25) is 9.59 Å². The van der Waals surface area contributed by atoms with E-state index in [2.05, 4.69) is 11.9 Å². The van der Waals surface area contributed by atoms with Gasteiger partial charge in [-0.1, -0.05) is 18.2 Å². The topological polar surface area (TPSA) is 58.3 Å². The molecule has 1 aliphatic heterocycles. The van der Waals surface area contributed by atoms with Crippen molar-refractivity contribution in [2.45, 2.75) is 13.8 Å². The van der Waals surface area contributed by atoms with Gasteiger partial charge in [-0.05, 0) is 32.0 Å². The predicted molar refractivity (Wildman–Crippen MR) is 103 cm³/mol. The molecular formula is C20H31FN4O2+2. The molecule has 1 saturated heterocycles. The number of anilines is 1. The second kappa shape index (κ2) is 10.2. The molecule has 1 aromatic carbocycles. The van der Waals surface area contributed by atoms with E-state index in [0.29, 0.717) is 31.9 Å². The summed E-state index contributed by atoms with van der Waals surface area (Å²) in [6.45, 7) is 13.3. The number of amides is 2. The third kappa shape index (κ3) is 7.11. The van der Waals surface area contributed by atoms with Crippen molar-refractivity contribution in [3.05, 3.63) is 42.2 Å². The molecule has 0 radical (unpaired) electrons. The monoisotopic (exact) mass is 378 g/mol. The first-order valence-electron chi connectivity index (χ1n) is 9.52. The van der Waals surface area contributed by atoms with Crippen molar-refractivity contribution in [1.29, 1.82) is 0 Å². The third-order valence-electron chi connectivity index (χ3n) is 4.78. The van der Waals surface area contributed by atoms with E-state index >= 15 is 0 Å². The van der Waals surface area contributed by atoms with Gasteiger partial charge in [0.15, 0.2) is 13.1 Å². The Hall–Kier alpha value is -2.25. The summed E-state index contributed by atoms with van der Waals surface area (Å²) in [6, 6.07) is 5.91. The van der Waals surface area contributed by atoms with Crippen LogP contribution in [0.5, 0.6) is 0 Å². The molecule has 1 aromatic rings. The number of hydrogen-bond acceptors (Lipinski definition) is 2. The first kappa shape index (κ1) is 21.1. The first-order valence-corrected chi connectivity index (χ1v) is 9.52. The number of benzene rings is 1. The number of halogens is 1. The van der Waals surface area contributed by atoms with E-state index in [9.17, 15) is 14.0 Å². The van der Waals surface area contributed by atoms with Crippen molar-refractivity contribution in [2.24, 2.45) is 0 Å². The highest BCUT2D eigenvalue weighted by molar-refractivity contribution is 5.91. The number of piperazine rings is 1. The van der Waals surface area contributed by atoms with E-state index in [-0.39, 0.29) is 17.6 Å². The molecule has 2 rings (SSSR count). The maximum absolute atomic E-state index is 13.2. The van der Waals surface area contributed by atoms with E-state index in [0.717, 1.165) is 31.8 Å². The van der Waals surface area contributed by atoms with Gasteiger partial charge in [0.1, 0.15) is 32.0 Å². The van der Waals surface area contributed by atoms with Crippen LogP contribution in [-0.2, 0) is 9.59 Å². The average Bonchev–Trinajstić information content (AvgIpc) is 2.61. The van der Waals surface area contributed by atoms with E-state index in [1.165, 1.54) is 21.9 Å². The maximum Gasteiger partial charge on any atom is 0.279 e. The molecule has 27 heavy (non-hydrogen) atoms. The first-order chi connectivity index (χ1) is 12.9. The number of rotatable bonds is 8. The molecule has 6 nitrogen and oxygen atoms in total. The molecule has 0 bridgehead atoms. The van der Waals surface area contributed by atoms with Crippen LogP contribution in [-0.4, -0.2) is 69.1 Å². The Balaban J connectivity index is 1.74. The molecule has 0 atom stereocenters. The Morgan fingerprint density at radius 2 is 1.81 bits per heavy atom. The summed E-state index contributed by atoms with van der Waals surface area (Å²) in [4.78, 5) is 28.9. The van der Waals surface area contributed by atoms with Crippen molar-refractivity contribution in [3.63, 3.8) is 0 Å². The van der Waals surface area contributed by atoms with Crippen LogP contribution in [0.25, 0.3) is 0 Å². The van der Waals surface area contributed by atoms with Crippen molar-refractivity contribution in [3.8, 4) is 0 Å². The Labute approximate surface area is 160 Å². The molecule has 1 heterocycles. The molecule has 1 aliphatic rings. The summed E-state index contributed by atoms with van der Waals surface area (Å²) in [5, 5.41) is 2.74. The predicted octanol–water partition coefficient (Wildman–Crippen LogP) is -1.03. The van der Waals surface area contributed by atoms with Crippen molar-refractivity contribution in [1.82, 2.24) is 4.90 Å². The second-order valence-electron chi connectivity index (χ2n) is 7.28. The molecule has 0 spiro atoms. The summed E-state index contributed by atoms with van der Waals surface area (Å²) < 4.78 is 13.2. The third-order valence-corrected chi connectivity index (χ3v) is 4.78. The molecule has 2 amide bonds. The zero-order valence-electron chi connectivity index (χ0n) is 16.3. The normalized spacial score (nSPS) is 19.4. The highest BCUT2D eigenvalue weighted by Gasteiger charge is 2.27. The molecule has 148 valence electrons. The van der Waals surface area contributed by atoms with Gasteiger partial charge >= 0.3 is 0 Å². The van der Waals surface area contributed by atoms with Crippen LogP contribution in [0.3, 0.4) is 0 Å². The van der Waals surface area contributed by atoms with Gasteiger partial charge in [0.2, 0.25) is 0 Å². The quantitative estimate of drug-likeness (QED) is 0.507. The van der Waals surface area contributed by atoms with Crippen LogP contribution in [0.1, 0.15) is 13.8 Å². The average molecular weight is 378 g/mol. The molecular weight excluding hydrogens is 347 g/mol. The van der Waals surface area contributed by atoms with Crippen LogP contribution >= 0.6 is 0 Å². The van der Waals surface area contributed by atoms with E-state index in [1.807, 2.05) is 18.7 Å². The van der Waals surface area contributed by atoms with Crippen LogP contribution in [0.15, 0.2) is 36.4 Å². The van der Waals surface area contributed by atoms with Gasteiger partial charge < -0.3 is 20.0 Å². The summed E-state index contributed by atoms with van der Waals surface area (Å²) >= 11 is 0. The minimum absolute atomic E-state index is 0.117. The summed E-state index contributed by atoms with van der Waals surface area (Å²) in [6.07, 6.45) is 0. The number of quaternary nitrogens is 2. The van der Waals surface area contributed by atoms with Crippen LogP contribution in [0.2, 0.25) is 0 Å². The Kier molecular flexibility index (Phi) is 7.94. The Morgan fingerprint density at radius 1 is 1.19 bits per heavy atom. The fraction of sp³-hybridized carbons (Fsp3) is 0.500. The molecule has 3 N–H and O–H groups in total. The number of nitrogens with zero attached hydrogens (tertiary/aromatic N) is 1. The van der Waals surface area contributed by atoms with Crippen LogP contribution < -0.4 is 15.1 Å². The van der Waals surface area contributed by atoms with Crippen LogP contribution in [0, 0.1) is 5.82 Å². The van der Waals surface area contributed by atoms with Crippen molar-refractivity contribution in [2.75, 3.05) is 57.7 Å². The van der Waals surface area contributed by atoms with Gasteiger partial charge in [0.05, 0.1) is 0 Å². The smallest absolute Gasteiger partial charge is 0.279 e. The molecule has 7 heteroatoms.